The number of nitrogens with one attached hydrogen (secondary N) is 2. The van der Waals surface area contributed by atoms with Crippen LogP contribution in [0.25, 0.3) is 0 Å². The normalized spacial score (nSPS) is 17.3. The highest BCUT2D eigenvalue weighted by atomic mass is 16.6. The number of hydrogen-bond acceptors (Lipinski definition) is 3. The van der Waals surface area contributed by atoms with Crippen molar-refractivity contribution in [1.29, 1.82) is 0 Å². The van der Waals surface area contributed by atoms with Gasteiger partial charge in [-0.25, -0.2) is 4.79 Å². The van der Waals surface area contributed by atoms with Gasteiger partial charge in [-0.3, -0.25) is 4.79 Å². The third kappa shape index (κ3) is 7.34. The van der Waals surface area contributed by atoms with E-state index in [1.165, 1.54) is 25.7 Å². The molecule has 1 aliphatic carbocycles. The molecule has 1 fully saturated rings. The number of alkyl carbamates (subject to hydrolysis) is 1. The van der Waals surface area contributed by atoms with E-state index in [0.717, 1.165) is 18.8 Å². The highest BCUT2D eigenvalue weighted by Gasteiger charge is 2.24. The predicted molar refractivity (Wildman–Crippen MR) is 83.0 cm³/mol. The van der Waals surface area contributed by atoms with Crippen LogP contribution in [0.3, 0.4) is 0 Å². The quantitative estimate of drug-likeness (QED) is 0.792. The van der Waals surface area contributed by atoms with Crippen molar-refractivity contribution < 1.29 is 14.3 Å². The summed E-state index contributed by atoms with van der Waals surface area (Å²) >= 11 is 0. The van der Waals surface area contributed by atoms with Crippen molar-refractivity contribution in [3.05, 3.63) is 0 Å². The topological polar surface area (TPSA) is 67.4 Å². The number of hydrogen-bond donors (Lipinski definition) is 2. The molecule has 0 bridgehead atoms. The van der Waals surface area contributed by atoms with Crippen molar-refractivity contribution >= 4 is 12.0 Å². The summed E-state index contributed by atoms with van der Waals surface area (Å²) < 4.78 is 5.28. The molecule has 0 radical (unpaired) electrons. The molecule has 1 aliphatic rings. The second-order valence-electron chi connectivity index (χ2n) is 6.96. The lowest BCUT2D eigenvalue weighted by atomic mass is 9.99. The summed E-state index contributed by atoms with van der Waals surface area (Å²) in [5.41, 5.74) is -0.367. The first-order valence-electron chi connectivity index (χ1n) is 8.02. The summed E-state index contributed by atoms with van der Waals surface area (Å²) in [6, 6.07) is 0. The molecule has 5 heteroatoms. The van der Waals surface area contributed by atoms with Gasteiger partial charge in [-0.05, 0) is 39.5 Å². The average Bonchev–Trinajstić information content (AvgIpc) is 2.87. The van der Waals surface area contributed by atoms with Gasteiger partial charge in [-0.1, -0.05) is 32.1 Å². The van der Waals surface area contributed by atoms with Crippen LogP contribution in [-0.2, 0) is 9.53 Å². The fourth-order valence-electron chi connectivity index (χ4n) is 2.76. The lowest BCUT2D eigenvalue weighted by Crippen LogP contribution is -2.45. The Balaban J connectivity index is 2.39. The number of ether oxygens (including phenoxy) is 1. The molecule has 2 amide bonds. The largest absolute Gasteiger partial charge is 0.436 e. The minimum atomic E-state index is -0.696. The van der Waals surface area contributed by atoms with E-state index in [1.54, 1.807) is 7.05 Å². The Morgan fingerprint density at radius 1 is 1.24 bits per heavy atom. The first kappa shape index (κ1) is 17.8. The van der Waals surface area contributed by atoms with Crippen LogP contribution in [0.4, 0.5) is 4.79 Å². The monoisotopic (exact) mass is 298 g/mol. The van der Waals surface area contributed by atoms with Crippen LogP contribution in [0.1, 0.15) is 65.7 Å². The van der Waals surface area contributed by atoms with Gasteiger partial charge in [-0.2, -0.15) is 0 Å². The van der Waals surface area contributed by atoms with Gasteiger partial charge in [0.25, 0.3) is 5.91 Å². The minimum absolute atomic E-state index is 0.231. The van der Waals surface area contributed by atoms with E-state index in [-0.39, 0.29) is 11.4 Å². The van der Waals surface area contributed by atoms with Crippen molar-refractivity contribution in [2.24, 2.45) is 5.92 Å². The molecule has 122 valence electrons. The van der Waals surface area contributed by atoms with Gasteiger partial charge >= 0.3 is 6.09 Å². The Morgan fingerprint density at radius 3 is 2.38 bits per heavy atom. The van der Waals surface area contributed by atoms with E-state index >= 15 is 0 Å². The summed E-state index contributed by atoms with van der Waals surface area (Å²) in [6.07, 6.45) is 6.67. The van der Waals surface area contributed by atoms with Crippen molar-refractivity contribution in [2.75, 3.05) is 7.05 Å². The van der Waals surface area contributed by atoms with Crippen LogP contribution in [0, 0.1) is 5.92 Å². The van der Waals surface area contributed by atoms with Crippen molar-refractivity contribution in [2.45, 2.75) is 77.4 Å². The number of amides is 2. The van der Waals surface area contributed by atoms with Crippen LogP contribution in [-0.4, -0.2) is 30.7 Å². The first-order chi connectivity index (χ1) is 9.81. The Hall–Kier alpha value is -1.26. The lowest BCUT2D eigenvalue weighted by Gasteiger charge is -2.23. The number of rotatable bonds is 6. The summed E-state index contributed by atoms with van der Waals surface area (Å²) in [5.74, 6) is 0.559. The van der Waals surface area contributed by atoms with Crippen LogP contribution in [0.5, 0.6) is 0 Å². The maximum absolute atomic E-state index is 11.8. The van der Waals surface area contributed by atoms with Gasteiger partial charge in [0.05, 0.1) is 0 Å². The molecule has 2 N–H and O–H groups in total. The molecule has 1 atom stereocenters. The van der Waals surface area contributed by atoms with Gasteiger partial charge in [-0.15, -0.1) is 0 Å². The molecule has 0 spiro atoms. The number of likely N-dealkylation sites (N-methyl/N-ethyl adjacent to an activating group) is 1. The van der Waals surface area contributed by atoms with Gasteiger partial charge < -0.3 is 15.4 Å². The van der Waals surface area contributed by atoms with Gasteiger partial charge in [0.1, 0.15) is 0 Å². The van der Waals surface area contributed by atoms with Gasteiger partial charge in [0.2, 0.25) is 0 Å². The van der Waals surface area contributed by atoms with E-state index in [1.807, 2.05) is 20.8 Å². The van der Waals surface area contributed by atoms with Crippen molar-refractivity contribution in [3.8, 4) is 0 Å². The molecule has 5 nitrogen and oxygen atoms in total. The third-order valence-corrected chi connectivity index (χ3v) is 3.82. The standard InChI is InChI=1S/C16H30N2O3/c1-16(2,3)18-15(20)21-13(14(19)17-4)11-7-10-12-8-5-6-9-12/h12-13H,5-11H2,1-4H3,(H,17,19)(H,18,20)/t13-/m0/s1. The van der Waals surface area contributed by atoms with Crippen LogP contribution in [0.15, 0.2) is 0 Å². The zero-order valence-electron chi connectivity index (χ0n) is 13.8. The minimum Gasteiger partial charge on any atom is -0.436 e. The number of carbonyl (C=O) groups excluding carboxylic acids is 2. The molecular formula is C16H30N2O3. The molecule has 1 rings (SSSR count). The van der Waals surface area contributed by atoms with E-state index in [4.69, 9.17) is 4.74 Å². The molecular weight excluding hydrogens is 268 g/mol. The second-order valence-corrected chi connectivity index (χ2v) is 6.96. The van der Waals surface area contributed by atoms with Crippen LogP contribution in [0.2, 0.25) is 0 Å². The van der Waals surface area contributed by atoms with Crippen LogP contribution < -0.4 is 10.6 Å². The predicted octanol–water partition coefficient (Wildman–Crippen LogP) is 2.99. The molecule has 0 aromatic heterocycles. The zero-order valence-corrected chi connectivity index (χ0v) is 13.8. The van der Waals surface area contributed by atoms with E-state index in [9.17, 15) is 9.59 Å². The van der Waals surface area contributed by atoms with E-state index in [0.29, 0.717) is 6.42 Å². The lowest BCUT2D eigenvalue weighted by molar-refractivity contribution is -0.129. The third-order valence-electron chi connectivity index (χ3n) is 3.82. The highest BCUT2D eigenvalue weighted by Crippen LogP contribution is 2.29. The van der Waals surface area contributed by atoms with Crippen molar-refractivity contribution in [1.82, 2.24) is 10.6 Å². The summed E-state index contributed by atoms with van der Waals surface area (Å²) in [6.45, 7) is 5.63. The van der Waals surface area contributed by atoms with Crippen LogP contribution >= 0.6 is 0 Å². The molecule has 0 saturated heterocycles. The molecule has 0 heterocycles. The number of carbonyl (C=O) groups is 2. The second kappa shape index (κ2) is 8.25. The fraction of sp³-hybridized carbons (Fsp3) is 0.875. The Morgan fingerprint density at radius 2 is 1.86 bits per heavy atom. The molecule has 21 heavy (non-hydrogen) atoms. The summed E-state index contributed by atoms with van der Waals surface area (Å²) in [4.78, 5) is 23.6. The molecule has 1 saturated carbocycles. The Bertz CT molecular complexity index is 344. The maximum Gasteiger partial charge on any atom is 0.408 e. The fourth-order valence-corrected chi connectivity index (χ4v) is 2.76. The van der Waals surface area contributed by atoms with Crippen molar-refractivity contribution in [3.63, 3.8) is 0 Å². The first-order valence-corrected chi connectivity index (χ1v) is 8.02. The maximum atomic E-state index is 11.8. The Labute approximate surface area is 128 Å². The van der Waals surface area contributed by atoms with Gasteiger partial charge in [0, 0.05) is 12.6 Å². The van der Waals surface area contributed by atoms with E-state index in [2.05, 4.69) is 10.6 Å². The zero-order chi connectivity index (χ0) is 15.9. The molecule has 0 aromatic carbocycles. The summed E-state index contributed by atoms with van der Waals surface area (Å²) in [5, 5.41) is 5.29. The summed E-state index contributed by atoms with van der Waals surface area (Å²) in [7, 11) is 1.57. The highest BCUT2D eigenvalue weighted by molar-refractivity contribution is 5.83. The van der Waals surface area contributed by atoms with E-state index < -0.39 is 12.2 Å². The SMILES string of the molecule is CNC(=O)[C@H](CCCC1CCCC1)OC(=O)NC(C)(C)C. The Kier molecular flexibility index (Phi) is 6.99. The van der Waals surface area contributed by atoms with Gasteiger partial charge in [0.15, 0.2) is 6.10 Å². The average molecular weight is 298 g/mol. The smallest absolute Gasteiger partial charge is 0.408 e. The molecule has 0 aliphatic heterocycles. The molecule has 0 aromatic rings. The molecule has 0 unspecified atom stereocenters.